The van der Waals surface area contributed by atoms with Crippen molar-refractivity contribution in [1.29, 1.82) is 0 Å². The Balaban J connectivity index is 1.40. The first-order chi connectivity index (χ1) is 12.3. The van der Waals surface area contributed by atoms with Crippen molar-refractivity contribution in [2.75, 3.05) is 18.4 Å². The molecule has 2 amide bonds. The number of anilines is 1. The molecule has 1 aliphatic carbocycles. The zero-order valence-electron chi connectivity index (χ0n) is 13.7. The van der Waals surface area contributed by atoms with Gasteiger partial charge in [-0.15, -0.1) is 0 Å². The van der Waals surface area contributed by atoms with E-state index in [9.17, 15) is 4.79 Å². The van der Waals surface area contributed by atoms with Crippen molar-refractivity contribution in [2.45, 2.75) is 12.8 Å². The Bertz CT molecular complexity index is 954. The molecule has 1 aliphatic heterocycles. The van der Waals surface area contributed by atoms with Crippen LogP contribution in [0, 0.1) is 0 Å². The number of urea groups is 1. The number of fused-ring (bicyclic) bond motifs is 3. The predicted molar refractivity (Wildman–Crippen MR) is 97.5 cm³/mol. The fourth-order valence-electron chi connectivity index (χ4n) is 3.54. The lowest BCUT2D eigenvalue weighted by Gasteiger charge is -2.30. The number of hydrogen-bond acceptors (Lipinski definition) is 2. The second-order valence-corrected chi connectivity index (χ2v) is 6.61. The summed E-state index contributed by atoms with van der Waals surface area (Å²) in [5.74, 6) is 0. The van der Waals surface area contributed by atoms with Gasteiger partial charge in [0.25, 0.3) is 0 Å². The topological polar surface area (TPSA) is 61.0 Å². The van der Waals surface area contributed by atoms with Crippen molar-refractivity contribution in [1.82, 2.24) is 15.1 Å². The molecule has 1 fully saturated rings. The third-order valence-corrected chi connectivity index (χ3v) is 5.07. The smallest absolute Gasteiger partial charge is 0.321 e. The van der Waals surface area contributed by atoms with Gasteiger partial charge in [-0.25, -0.2) is 4.79 Å². The molecule has 2 N–H and O–H groups in total. The van der Waals surface area contributed by atoms with E-state index in [1.807, 2.05) is 29.2 Å². The third-order valence-electron chi connectivity index (χ3n) is 5.07. The van der Waals surface area contributed by atoms with E-state index in [1.165, 1.54) is 16.7 Å². The van der Waals surface area contributed by atoms with E-state index in [4.69, 9.17) is 0 Å². The summed E-state index contributed by atoms with van der Waals surface area (Å²) in [6.07, 6.45) is 2.00. The van der Waals surface area contributed by atoms with Crippen LogP contribution in [0.25, 0.3) is 22.5 Å². The Morgan fingerprint density at radius 1 is 1.08 bits per heavy atom. The van der Waals surface area contributed by atoms with E-state index in [1.54, 1.807) is 0 Å². The third kappa shape index (κ3) is 2.31. The van der Waals surface area contributed by atoms with Gasteiger partial charge >= 0.3 is 6.03 Å². The minimum atomic E-state index is -0.0184. The van der Waals surface area contributed by atoms with Crippen LogP contribution in [0.1, 0.15) is 17.5 Å². The lowest BCUT2D eigenvalue weighted by molar-refractivity contribution is 0.181. The summed E-state index contributed by atoms with van der Waals surface area (Å²) in [6.45, 7) is 1.70. The standard InChI is InChI=1S/C20H18N4O/c25-20(24-10-3-11-24)21-15-8-6-13(7-9-15)18-17-12-14-4-1-2-5-16(14)19(17)23-22-18/h1-2,4-9H,3,10-12H2,(H,21,25)(H,22,23). The number of nitrogens with zero attached hydrogens (tertiary/aromatic N) is 2. The fourth-order valence-corrected chi connectivity index (χ4v) is 3.54. The van der Waals surface area contributed by atoms with Crippen LogP contribution in [0.3, 0.4) is 0 Å². The van der Waals surface area contributed by atoms with Crippen LogP contribution in [0.2, 0.25) is 0 Å². The molecule has 3 aromatic rings. The Morgan fingerprint density at radius 3 is 2.64 bits per heavy atom. The van der Waals surface area contributed by atoms with Gasteiger partial charge in [-0.2, -0.15) is 5.10 Å². The highest BCUT2D eigenvalue weighted by Crippen LogP contribution is 2.39. The van der Waals surface area contributed by atoms with Gasteiger partial charge in [-0.1, -0.05) is 36.4 Å². The van der Waals surface area contributed by atoms with E-state index in [0.29, 0.717) is 0 Å². The molecule has 124 valence electrons. The molecule has 0 bridgehead atoms. The van der Waals surface area contributed by atoms with Crippen molar-refractivity contribution in [3.8, 4) is 22.5 Å². The number of amides is 2. The van der Waals surface area contributed by atoms with Crippen LogP contribution in [-0.4, -0.2) is 34.2 Å². The van der Waals surface area contributed by atoms with Gasteiger partial charge in [0.15, 0.2) is 0 Å². The van der Waals surface area contributed by atoms with Crippen molar-refractivity contribution < 1.29 is 4.79 Å². The van der Waals surface area contributed by atoms with Crippen LogP contribution in [0.5, 0.6) is 0 Å². The average molecular weight is 330 g/mol. The maximum absolute atomic E-state index is 12.0. The van der Waals surface area contributed by atoms with E-state index in [-0.39, 0.29) is 6.03 Å². The first kappa shape index (κ1) is 14.3. The zero-order valence-corrected chi connectivity index (χ0v) is 13.7. The second-order valence-electron chi connectivity index (χ2n) is 6.61. The lowest BCUT2D eigenvalue weighted by Crippen LogP contribution is -2.44. The van der Waals surface area contributed by atoms with Crippen LogP contribution >= 0.6 is 0 Å². The lowest BCUT2D eigenvalue weighted by atomic mass is 10.1. The summed E-state index contributed by atoms with van der Waals surface area (Å²) in [6, 6.07) is 16.3. The van der Waals surface area contributed by atoms with Crippen molar-refractivity contribution in [2.24, 2.45) is 0 Å². The first-order valence-electron chi connectivity index (χ1n) is 8.61. The second kappa shape index (κ2) is 5.48. The quantitative estimate of drug-likeness (QED) is 0.586. The molecule has 5 nitrogen and oxygen atoms in total. The highest BCUT2D eigenvalue weighted by Gasteiger charge is 2.24. The van der Waals surface area contributed by atoms with Gasteiger partial charge in [0.2, 0.25) is 0 Å². The number of hydrogen-bond donors (Lipinski definition) is 2. The molecule has 5 rings (SSSR count). The number of benzene rings is 2. The number of nitrogens with one attached hydrogen (secondary N) is 2. The van der Waals surface area contributed by atoms with Crippen molar-refractivity contribution >= 4 is 11.7 Å². The molecule has 0 saturated carbocycles. The monoisotopic (exact) mass is 330 g/mol. The summed E-state index contributed by atoms with van der Waals surface area (Å²) in [7, 11) is 0. The van der Waals surface area contributed by atoms with Gasteiger partial charge in [0.1, 0.15) is 0 Å². The minimum Gasteiger partial charge on any atom is -0.324 e. The summed E-state index contributed by atoms with van der Waals surface area (Å²) in [4.78, 5) is 13.8. The van der Waals surface area contributed by atoms with Gasteiger partial charge in [-0.05, 0) is 24.1 Å². The highest BCUT2D eigenvalue weighted by atomic mass is 16.2. The number of carbonyl (C=O) groups is 1. The van der Waals surface area contributed by atoms with Crippen LogP contribution < -0.4 is 5.32 Å². The van der Waals surface area contributed by atoms with Crippen LogP contribution in [-0.2, 0) is 6.42 Å². The number of aromatic amines is 1. The normalized spacial score (nSPS) is 14.6. The maximum atomic E-state index is 12.0. The molecule has 1 aromatic heterocycles. The molecule has 1 saturated heterocycles. The molecular formula is C20H18N4O. The van der Waals surface area contributed by atoms with Gasteiger partial charge in [0.05, 0.1) is 11.4 Å². The number of aromatic nitrogens is 2. The minimum absolute atomic E-state index is 0.0184. The fraction of sp³-hybridized carbons (Fsp3) is 0.200. The summed E-state index contributed by atoms with van der Waals surface area (Å²) in [5.41, 5.74) is 7.83. The predicted octanol–water partition coefficient (Wildman–Crippen LogP) is 3.89. The molecule has 2 aromatic carbocycles. The average Bonchev–Trinajstić information content (AvgIpc) is 3.13. The SMILES string of the molecule is O=C(Nc1ccc(-c2n[nH]c3c2Cc2ccccc2-3)cc1)N1CCC1. The molecule has 2 heterocycles. The van der Waals surface area contributed by atoms with Gasteiger partial charge in [-0.3, -0.25) is 5.10 Å². The number of carbonyl (C=O) groups excluding carboxylic acids is 1. The molecule has 0 atom stereocenters. The Labute approximate surface area is 145 Å². The Morgan fingerprint density at radius 2 is 1.88 bits per heavy atom. The molecule has 0 unspecified atom stereocenters. The zero-order chi connectivity index (χ0) is 16.8. The van der Waals surface area contributed by atoms with Crippen LogP contribution in [0.15, 0.2) is 48.5 Å². The largest absolute Gasteiger partial charge is 0.324 e. The highest BCUT2D eigenvalue weighted by molar-refractivity contribution is 5.90. The molecule has 25 heavy (non-hydrogen) atoms. The van der Waals surface area contributed by atoms with E-state index in [2.05, 4.69) is 39.8 Å². The van der Waals surface area contributed by atoms with E-state index < -0.39 is 0 Å². The number of rotatable bonds is 2. The van der Waals surface area contributed by atoms with Gasteiger partial charge in [0, 0.05) is 41.9 Å². The summed E-state index contributed by atoms with van der Waals surface area (Å²) >= 11 is 0. The van der Waals surface area contributed by atoms with E-state index in [0.717, 1.165) is 48.6 Å². The van der Waals surface area contributed by atoms with E-state index >= 15 is 0 Å². The molecular weight excluding hydrogens is 312 g/mol. The molecule has 5 heteroatoms. The van der Waals surface area contributed by atoms with Gasteiger partial charge < -0.3 is 10.2 Å². The molecule has 2 aliphatic rings. The molecule has 0 radical (unpaired) electrons. The number of likely N-dealkylation sites (tertiary alicyclic amines) is 1. The maximum Gasteiger partial charge on any atom is 0.321 e. The molecule has 0 spiro atoms. The first-order valence-corrected chi connectivity index (χ1v) is 8.61. The Hall–Kier alpha value is -3.08. The van der Waals surface area contributed by atoms with Crippen molar-refractivity contribution in [3.63, 3.8) is 0 Å². The Kier molecular flexibility index (Phi) is 3.13. The van der Waals surface area contributed by atoms with Crippen molar-refractivity contribution in [3.05, 3.63) is 59.7 Å². The van der Waals surface area contributed by atoms with Crippen LogP contribution in [0.4, 0.5) is 10.5 Å². The summed E-state index contributed by atoms with van der Waals surface area (Å²) in [5, 5.41) is 10.7. The summed E-state index contributed by atoms with van der Waals surface area (Å²) < 4.78 is 0. The number of H-pyrrole nitrogens is 1.